The molecule has 0 atom stereocenters. The number of halogens is 1. The Labute approximate surface area is 107 Å². The van der Waals surface area contributed by atoms with Crippen LogP contribution >= 0.6 is 15.9 Å². The maximum atomic E-state index is 11.3. The summed E-state index contributed by atoms with van der Waals surface area (Å²) in [5.41, 5.74) is 5.65. The molecule has 2 aromatic rings. The highest BCUT2D eigenvalue weighted by Gasteiger charge is 2.10. The van der Waals surface area contributed by atoms with Crippen molar-refractivity contribution in [2.75, 3.05) is 0 Å². The van der Waals surface area contributed by atoms with Crippen molar-refractivity contribution in [3.63, 3.8) is 0 Å². The number of ether oxygens (including phenoxy) is 1. The number of rotatable bonds is 3. The zero-order valence-corrected chi connectivity index (χ0v) is 10.5. The lowest BCUT2D eigenvalue weighted by Crippen LogP contribution is -2.12. The van der Waals surface area contributed by atoms with Crippen molar-refractivity contribution in [3.05, 3.63) is 58.6 Å². The van der Waals surface area contributed by atoms with Crippen LogP contribution in [0.2, 0.25) is 0 Å². The Morgan fingerprint density at radius 2 is 1.82 bits per heavy atom. The van der Waals surface area contributed by atoms with Gasteiger partial charge in [0.05, 0.1) is 5.56 Å². The predicted molar refractivity (Wildman–Crippen MR) is 69.2 cm³/mol. The molecule has 0 aliphatic carbocycles. The van der Waals surface area contributed by atoms with E-state index in [1.54, 1.807) is 18.2 Å². The molecule has 0 saturated heterocycles. The van der Waals surface area contributed by atoms with Gasteiger partial charge in [0, 0.05) is 4.47 Å². The van der Waals surface area contributed by atoms with Crippen LogP contribution in [0.3, 0.4) is 0 Å². The number of amides is 1. The number of nitrogens with two attached hydrogens (primary N) is 1. The molecule has 0 bridgehead atoms. The van der Waals surface area contributed by atoms with E-state index in [0.29, 0.717) is 17.1 Å². The standard InChI is InChI=1S/C13H10BrNO2/c14-9-6-7-12(11(8-9)13(15)16)17-10-4-2-1-3-5-10/h1-8H,(H2,15,16). The van der Waals surface area contributed by atoms with Gasteiger partial charge in [-0.1, -0.05) is 34.1 Å². The van der Waals surface area contributed by atoms with E-state index in [4.69, 9.17) is 10.5 Å². The Balaban J connectivity index is 2.36. The minimum absolute atomic E-state index is 0.350. The number of para-hydroxylation sites is 1. The van der Waals surface area contributed by atoms with Crippen LogP contribution in [0.15, 0.2) is 53.0 Å². The summed E-state index contributed by atoms with van der Waals surface area (Å²) in [5.74, 6) is 0.599. The van der Waals surface area contributed by atoms with Gasteiger partial charge >= 0.3 is 0 Å². The highest BCUT2D eigenvalue weighted by Crippen LogP contribution is 2.27. The van der Waals surface area contributed by atoms with E-state index >= 15 is 0 Å². The lowest BCUT2D eigenvalue weighted by molar-refractivity contribution is 0.0998. The summed E-state index contributed by atoms with van der Waals surface area (Å²) < 4.78 is 6.39. The fourth-order valence-electron chi connectivity index (χ4n) is 1.40. The normalized spacial score (nSPS) is 9.94. The fourth-order valence-corrected chi connectivity index (χ4v) is 1.76. The Morgan fingerprint density at radius 1 is 1.12 bits per heavy atom. The highest BCUT2D eigenvalue weighted by molar-refractivity contribution is 9.10. The van der Waals surface area contributed by atoms with Crippen LogP contribution in [-0.4, -0.2) is 5.91 Å². The molecule has 0 heterocycles. The summed E-state index contributed by atoms with van der Waals surface area (Å²) in [6.45, 7) is 0. The lowest BCUT2D eigenvalue weighted by atomic mass is 10.2. The van der Waals surface area contributed by atoms with Crippen molar-refractivity contribution in [3.8, 4) is 11.5 Å². The zero-order chi connectivity index (χ0) is 12.3. The van der Waals surface area contributed by atoms with Crippen LogP contribution in [0.25, 0.3) is 0 Å². The first-order valence-electron chi connectivity index (χ1n) is 4.99. The van der Waals surface area contributed by atoms with Crippen LogP contribution < -0.4 is 10.5 Å². The summed E-state index contributed by atoms with van der Waals surface area (Å²) in [6, 6.07) is 14.4. The van der Waals surface area contributed by atoms with Crippen LogP contribution in [-0.2, 0) is 0 Å². The number of carbonyl (C=O) groups excluding carboxylic acids is 1. The molecular weight excluding hydrogens is 282 g/mol. The first-order chi connectivity index (χ1) is 8.16. The quantitative estimate of drug-likeness (QED) is 0.943. The van der Waals surface area contributed by atoms with Gasteiger partial charge in [-0.2, -0.15) is 0 Å². The molecule has 0 aliphatic heterocycles. The van der Waals surface area contributed by atoms with E-state index in [0.717, 1.165) is 4.47 Å². The molecule has 0 unspecified atom stereocenters. The third-order valence-corrected chi connectivity index (χ3v) is 2.67. The van der Waals surface area contributed by atoms with Crippen LogP contribution in [0.5, 0.6) is 11.5 Å². The smallest absolute Gasteiger partial charge is 0.252 e. The zero-order valence-electron chi connectivity index (χ0n) is 8.89. The topological polar surface area (TPSA) is 52.3 Å². The molecule has 2 N–H and O–H groups in total. The van der Waals surface area contributed by atoms with Crippen molar-refractivity contribution in [1.82, 2.24) is 0 Å². The molecule has 0 saturated carbocycles. The van der Waals surface area contributed by atoms with Crippen molar-refractivity contribution in [2.24, 2.45) is 5.73 Å². The van der Waals surface area contributed by atoms with Gasteiger partial charge in [-0.15, -0.1) is 0 Å². The SMILES string of the molecule is NC(=O)c1cc(Br)ccc1Oc1ccccc1. The van der Waals surface area contributed by atoms with Crippen molar-refractivity contribution >= 4 is 21.8 Å². The molecule has 2 rings (SSSR count). The van der Waals surface area contributed by atoms with Crippen molar-refractivity contribution in [1.29, 1.82) is 0 Å². The van der Waals surface area contributed by atoms with Gasteiger partial charge in [0.25, 0.3) is 5.91 Å². The van der Waals surface area contributed by atoms with Crippen LogP contribution in [0.4, 0.5) is 0 Å². The second kappa shape index (κ2) is 5.01. The number of carbonyl (C=O) groups is 1. The third kappa shape index (κ3) is 2.85. The second-order valence-electron chi connectivity index (χ2n) is 3.42. The minimum Gasteiger partial charge on any atom is -0.457 e. The molecule has 0 fully saturated rings. The third-order valence-electron chi connectivity index (χ3n) is 2.18. The summed E-state index contributed by atoms with van der Waals surface area (Å²) in [4.78, 5) is 11.3. The summed E-state index contributed by atoms with van der Waals surface area (Å²) >= 11 is 3.29. The molecule has 86 valence electrons. The van der Waals surface area contributed by atoms with Gasteiger partial charge in [0.1, 0.15) is 11.5 Å². The molecule has 2 aromatic carbocycles. The van der Waals surface area contributed by atoms with E-state index in [1.165, 1.54) is 0 Å². The maximum Gasteiger partial charge on any atom is 0.252 e. The van der Waals surface area contributed by atoms with Gasteiger partial charge < -0.3 is 10.5 Å². The van der Waals surface area contributed by atoms with Gasteiger partial charge in [0.15, 0.2) is 0 Å². The van der Waals surface area contributed by atoms with E-state index in [1.807, 2.05) is 30.3 Å². The number of primary amides is 1. The molecule has 3 nitrogen and oxygen atoms in total. The molecule has 4 heteroatoms. The maximum absolute atomic E-state index is 11.3. The van der Waals surface area contributed by atoms with Gasteiger partial charge in [-0.25, -0.2) is 0 Å². The monoisotopic (exact) mass is 291 g/mol. The summed E-state index contributed by atoms with van der Waals surface area (Å²) in [7, 11) is 0. The summed E-state index contributed by atoms with van der Waals surface area (Å²) in [5, 5.41) is 0. The number of hydrogen-bond acceptors (Lipinski definition) is 2. The Morgan fingerprint density at radius 3 is 2.47 bits per heavy atom. The van der Waals surface area contributed by atoms with E-state index in [9.17, 15) is 4.79 Å². The lowest BCUT2D eigenvalue weighted by Gasteiger charge is -2.09. The van der Waals surface area contributed by atoms with Crippen LogP contribution in [0.1, 0.15) is 10.4 Å². The first-order valence-corrected chi connectivity index (χ1v) is 5.78. The van der Waals surface area contributed by atoms with Gasteiger partial charge in [-0.3, -0.25) is 4.79 Å². The van der Waals surface area contributed by atoms with Crippen LogP contribution in [0, 0.1) is 0 Å². The van der Waals surface area contributed by atoms with Crippen molar-refractivity contribution in [2.45, 2.75) is 0 Å². The highest BCUT2D eigenvalue weighted by atomic mass is 79.9. The van der Waals surface area contributed by atoms with E-state index in [-0.39, 0.29) is 0 Å². The average molecular weight is 292 g/mol. The Bertz CT molecular complexity index is 540. The Hall–Kier alpha value is -1.81. The molecule has 0 aromatic heterocycles. The van der Waals surface area contributed by atoms with Gasteiger partial charge in [0.2, 0.25) is 0 Å². The molecule has 1 amide bonds. The Kier molecular flexibility index (Phi) is 3.44. The molecule has 17 heavy (non-hydrogen) atoms. The minimum atomic E-state index is -0.516. The molecule has 0 radical (unpaired) electrons. The molecular formula is C13H10BrNO2. The first kappa shape index (κ1) is 11.7. The van der Waals surface area contributed by atoms with Crippen molar-refractivity contribution < 1.29 is 9.53 Å². The predicted octanol–water partition coefficient (Wildman–Crippen LogP) is 3.34. The van der Waals surface area contributed by atoms with E-state index < -0.39 is 5.91 Å². The number of benzene rings is 2. The molecule has 0 aliphatic rings. The largest absolute Gasteiger partial charge is 0.457 e. The number of hydrogen-bond donors (Lipinski definition) is 1. The molecule has 0 spiro atoms. The summed E-state index contributed by atoms with van der Waals surface area (Å²) in [6.07, 6.45) is 0. The second-order valence-corrected chi connectivity index (χ2v) is 4.34. The van der Waals surface area contributed by atoms with Gasteiger partial charge in [-0.05, 0) is 30.3 Å². The fraction of sp³-hybridized carbons (Fsp3) is 0. The average Bonchev–Trinajstić information content (AvgIpc) is 2.32. The van der Waals surface area contributed by atoms with E-state index in [2.05, 4.69) is 15.9 Å².